The van der Waals surface area contributed by atoms with Gasteiger partial charge < -0.3 is 14.2 Å². The summed E-state index contributed by atoms with van der Waals surface area (Å²) in [6.07, 6.45) is 98.9. The molecule has 0 aromatic heterocycles. The van der Waals surface area contributed by atoms with Crippen molar-refractivity contribution in [2.24, 2.45) is 0 Å². The summed E-state index contributed by atoms with van der Waals surface area (Å²) in [6.45, 7) is 6.41. The fourth-order valence-corrected chi connectivity index (χ4v) is 9.49. The smallest absolute Gasteiger partial charge is 0.306 e. The van der Waals surface area contributed by atoms with Crippen molar-refractivity contribution < 1.29 is 28.6 Å². The van der Waals surface area contributed by atoms with E-state index >= 15 is 0 Å². The molecule has 0 spiro atoms. The normalized spacial score (nSPS) is 13.0. The van der Waals surface area contributed by atoms with Crippen LogP contribution in [0.3, 0.4) is 0 Å². The Hall–Kier alpha value is -4.45. The number of carbonyl (C=O) groups excluding carboxylic acids is 3. The van der Waals surface area contributed by atoms with Gasteiger partial charge in [-0.2, -0.15) is 0 Å². The van der Waals surface area contributed by atoms with Crippen LogP contribution >= 0.6 is 0 Å². The van der Waals surface area contributed by atoms with E-state index in [0.717, 1.165) is 141 Å². The number of ether oxygens (including phenoxy) is 3. The van der Waals surface area contributed by atoms with Crippen molar-refractivity contribution in [3.05, 3.63) is 134 Å². The van der Waals surface area contributed by atoms with E-state index in [1.165, 1.54) is 135 Å². The lowest BCUT2D eigenvalue weighted by atomic mass is 10.1. The molecule has 0 saturated carbocycles. The molecule has 0 bridgehead atoms. The molecular formula is C77H128O6. The summed E-state index contributed by atoms with van der Waals surface area (Å²) >= 11 is 0. The number of esters is 3. The number of unbranched alkanes of at least 4 members (excludes halogenated alkanes) is 29. The van der Waals surface area contributed by atoms with Gasteiger partial charge in [0.25, 0.3) is 0 Å². The van der Waals surface area contributed by atoms with Crippen LogP contribution < -0.4 is 0 Å². The average molecular weight is 1150 g/mol. The van der Waals surface area contributed by atoms with Crippen LogP contribution in [0.2, 0.25) is 0 Å². The Labute approximate surface area is 513 Å². The molecule has 0 aromatic rings. The molecule has 1 unspecified atom stereocenters. The second-order valence-corrected chi connectivity index (χ2v) is 22.7. The molecule has 0 aliphatic carbocycles. The Morgan fingerprint density at radius 2 is 0.470 bits per heavy atom. The Morgan fingerprint density at radius 3 is 0.735 bits per heavy atom. The van der Waals surface area contributed by atoms with Gasteiger partial charge in [-0.1, -0.05) is 296 Å². The monoisotopic (exact) mass is 1150 g/mol. The largest absolute Gasteiger partial charge is 0.462 e. The fraction of sp³-hybridized carbons (Fsp3) is 0.675. The van der Waals surface area contributed by atoms with Gasteiger partial charge in [0.15, 0.2) is 6.10 Å². The second-order valence-electron chi connectivity index (χ2n) is 22.7. The van der Waals surface area contributed by atoms with Crippen LogP contribution in [0, 0.1) is 0 Å². The fourth-order valence-electron chi connectivity index (χ4n) is 9.49. The van der Waals surface area contributed by atoms with Crippen LogP contribution in [0.15, 0.2) is 134 Å². The van der Waals surface area contributed by atoms with Gasteiger partial charge in [-0.15, -0.1) is 0 Å². The van der Waals surface area contributed by atoms with E-state index in [-0.39, 0.29) is 31.1 Å². The van der Waals surface area contributed by atoms with Gasteiger partial charge in [-0.25, -0.2) is 0 Å². The molecule has 0 aliphatic rings. The summed E-state index contributed by atoms with van der Waals surface area (Å²) in [5, 5.41) is 0. The van der Waals surface area contributed by atoms with Crippen LogP contribution in [0.1, 0.15) is 316 Å². The minimum absolute atomic E-state index is 0.0901. The van der Waals surface area contributed by atoms with Gasteiger partial charge in [0.05, 0.1) is 0 Å². The lowest BCUT2D eigenvalue weighted by molar-refractivity contribution is -0.167. The van der Waals surface area contributed by atoms with Crippen LogP contribution in [0.5, 0.6) is 0 Å². The lowest BCUT2D eigenvalue weighted by Crippen LogP contribution is -2.30. The number of hydrogen-bond donors (Lipinski definition) is 0. The molecule has 0 aromatic carbocycles. The lowest BCUT2D eigenvalue weighted by Gasteiger charge is -2.18. The molecule has 0 fully saturated rings. The summed E-state index contributed by atoms with van der Waals surface area (Å²) in [5.74, 6) is -0.908. The highest BCUT2D eigenvalue weighted by atomic mass is 16.6. The van der Waals surface area contributed by atoms with E-state index in [9.17, 15) is 14.4 Å². The molecule has 0 heterocycles. The first-order valence-corrected chi connectivity index (χ1v) is 34.7. The SMILES string of the molecule is CC/C=C\C/C=C\C/C=C\C/C=C\C/C=C\C/C=C\CCCCCCCCCCCCC(=O)OCC(COC(=O)CCCCCCC/C=C\C/C=C\C/C=C\CC)OC(=O)CCCCCCCCCCC/C=C\C/C=C\CCCCCCC. The van der Waals surface area contributed by atoms with E-state index in [4.69, 9.17) is 14.2 Å². The van der Waals surface area contributed by atoms with Gasteiger partial charge in [0.1, 0.15) is 13.2 Å². The van der Waals surface area contributed by atoms with Crippen molar-refractivity contribution in [3.63, 3.8) is 0 Å². The van der Waals surface area contributed by atoms with Gasteiger partial charge in [0, 0.05) is 19.3 Å². The molecule has 6 nitrogen and oxygen atoms in total. The predicted octanol–water partition coefficient (Wildman–Crippen LogP) is 24.1. The molecule has 0 aliphatic heterocycles. The van der Waals surface area contributed by atoms with E-state index in [2.05, 4.69) is 154 Å². The van der Waals surface area contributed by atoms with Crippen molar-refractivity contribution in [1.82, 2.24) is 0 Å². The molecule has 1 atom stereocenters. The Morgan fingerprint density at radius 1 is 0.253 bits per heavy atom. The Balaban J connectivity index is 4.36. The summed E-state index contributed by atoms with van der Waals surface area (Å²) in [6, 6.07) is 0. The highest BCUT2D eigenvalue weighted by molar-refractivity contribution is 5.71. The van der Waals surface area contributed by atoms with Gasteiger partial charge in [-0.05, 0) is 135 Å². The number of rotatable bonds is 62. The van der Waals surface area contributed by atoms with Crippen LogP contribution in [0.4, 0.5) is 0 Å². The van der Waals surface area contributed by atoms with Crippen LogP contribution in [-0.2, 0) is 28.6 Å². The zero-order chi connectivity index (χ0) is 59.9. The van der Waals surface area contributed by atoms with E-state index < -0.39 is 6.10 Å². The summed E-state index contributed by atoms with van der Waals surface area (Å²) in [5.41, 5.74) is 0. The number of hydrogen-bond acceptors (Lipinski definition) is 6. The summed E-state index contributed by atoms with van der Waals surface area (Å²) < 4.78 is 17.0. The van der Waals surface area contributed by atoms with Crippen molar-refractivity contribution in [2.45, 2.75) is 322 Å². The maximum atomic E-state index is 13.0. The van der Waals surface area contributed by atoms with Gasteiger partial charge >= 0.3 is 17.9 Å². The molecular weight excluding hydrogens is 1020 g/mol. The minimum Gasteiger partial charge on any atom is -0.462 e. The molecule has 0 N–H and O–H groups in total. The van der Waals surface area contributed by atoms with Gasteiger partial charge in [-0.3, -0.25) is 14.4 Å². The number of allylic oxidation sites excluding steroid dienone is 22. The topological polar surface area (TPSA) is 78.9 Å². The maximum absolute atomic E-state index is 13.0. The molecule has 0 saturated heterocycles. The molecule has 83 heavy (non-hydrogen) atoms. The third-order valence-electron chi connectivity index (χ3n) is 14.6. The standard InChI is InChI=1S/C77H128O6/c1-4-7-10-13-16-19-22-25-28-30-32-34-35-36-37-38-39-40-41-43-44-46-49-52-55-58-61-64-67-70-76(79)82-73-74(72-81-75(78)69-66-63-60-57-54-51-48-27-24-21-18-15-12-9-6-3)83-77(80)71-68-65-62-59-56-53-50-47-45-42-33-31-29-26-23-20-17-14-11-8-5-2/h7,9-10,12,16,18-19,21,23,25-28,31-34,36-37,39-40,48,74H,4-6,8,11,13-15,17,20,22,24,29-30,35,38,41-47,49-73H2,1-3H3/b10-7-,12-9-,19-16-,21-18-,26-23-,28-25-,33-31-,34-32-,37-36-,40-39-,48-27-. The van der Waals surface area contributed by atoms with E-state index in [0.29, 0.717) is 19.3 Å². The summed E-state index contributed by atoms with van der Waals surface area (Å²) in [7, 11) is 0. The highest BCUT2D eigenvalue weighted by Gasteiger charge is 2.19. The van der Waals surface area contributed by atoms with Crippen LogP contribution in [0.25, 0.3) is 0 Å². The van der Waals surface area contributed by atoms with Crippen LogP contribution in [-0.4, -0.2) is 37.2 Å². The molecule has 6 heteroatoms. The second kappa shape index (κ2) is 70.0. The maximum Gasteiger partial charge on any atom is 0.306 e. The van der Waals surface area contributed by atoms with Crippen molar-refractivity contribution in [2.75, 3.05) is 13.2 Å². The average Bonchev–Trinajstić information content (AvgIpc) is 3.49. The first kappa shape index (κ1) is 78.5. The first-order chi connectivity index (χ1) is 41.0. The van der Waals surface area contributed by atoms with Gasteiger partial charge in [0.2, 0.25) is 0 Å². The Kier molecular flexibility index (Phi) is 66.3. The first-order valence-electron chi connectivity index (χ1n) is 34.7. The third kappa shape index (κ3) is 68.2. The molecule has 0 radical (unpaired) electrons. The molecule has 0 rings (SSSR count). The zero-order valence-corrected chi connectivity index (χ0v) is 54.2. The Bertz CT molecular complexity index is 1750. The molecule has 0 amide bonds. The van der Waals surface area contributed by atoms with Crippen molar-refractivity contribution in [3.8, 4) is 0 Å². The van der Waals surface area contributed by atoms with E-state index in [1.807, 2.05) is 0 Å². The third-order valence-corrected chi connectivity index (χ3v) is 14.6. The predicted molar refractivity (Wildman–Crippen MR) is 362 cm³/mol. The number of carbonyl (C=O) groups is 3. The summed E-state index contributed by atoms with van der Waals surface area (Å²) in [4.78, 5) is 38.4. The van der Waals surface area contributed by atoms with Crippen molar-refractivity contribution >= 4 is 17.9 Å². The quantitative estimate of drug-likeness (QED) is 0.0261. The van der Waals surface area contributed by atoms with E-state index in [1.54, 1.807) is 0 Å². The molecule has 472 valence electrons. The minimum atomic E-state index is -0.796. The van der Waals surface area contributed by atoms with Crippen molar-refractivity contribution in [1.29, 1.82) is 0 Å². The highest BCUT2D eigenvalue weighted by Crippen LogP contribution is 2.16. The zero-order valence-electron chi connectivity index (χ0n) is 54.2.